The highest BCUT2D eigenvalue weighted by Gasteiger charge is 2.27. The second kappa shape index (κ2) is 12.1. The first-order valence-corrected chi connectivity index (χ1v) is 14.5. The molecule has 1 aliphatic heterocycles. The maximum atomic E-state index is 13.2. The maximum absolute atomic E-state index is 13.2. The number of carbonyl (C=O) groups excluding carboxylic acids is 2. The van der Waals surface area contributed by atoms with E-state index in [9.17, 15) is 18.0 Å². The summed E-state index contributed by atoms with van der Waals surface area (Å²) in [4.78, 5) is 24.0. The molecule has 2 aromatic carbocycles. The molecule has 0 atom stereocenters. The molecule has 38 heavy (non-hydrogen) atoms. The van der Waals surface area contributed by atoms with Gasteiger partial charge < -0.3 is 20.4 Å². The summed E-state index contributed by atoms with van der Waals surface area (Å²) in [5.74, 6) is 0.0767. The van der Waals surface area contributed by atoms with E-state index < -0.39 is 15.9 Å². The summed E-state index contributed by atoms with van der Waals surface area (Å²) in [5, 5.41) is 12.0. The molecule has 1 fully saturated rings. The number of aromatic nitrogens is 3. The normalized spacial score (nSPS) is 14.5. The molecule has 1 aliphatic rings. The minimum absolute atomic E-state index is 0.0826. The minimum Gasteiger partial charge on any atom is -0.379 e. The topological polar surface area (TPSA) is 150 Å². The van der Waals surface area contributed by atoms with Crippen LogP contribution in [0.5, 0.6) is 0 Å². The lowest BCUT2D eigenvalue weighted by Gasteiger charge is -2.26. The van der Waals surface area contributed by atoms with Crippen LogP contribution in [0.1, 0.15) is 24.2 Å². The van der Waals surface area contributed by atoms with Gasteiger partial charge in [-0.3, -0.25) is 9.59 Å². The van der Waals surface area contributed by atoms with Crippen molar-refractivity contribution in [2.45, 2.75) is 30.4 Å². The molecule has 1 aromatic heterocycles. The standard InChI is InChI=1S/C25H30N6O5S2/c1-17(2)15-31-24(19-4-3-5-21(14-19)38(34,35)30-10-12-36-13-11-30)28-29-25(31)37-16-22(32)27-20-8-6-18(7-9-20)23(26)33/h3-9,14,17H,10-13,15-16H2,1-2H3,(H2,26,33)(H,27,32). The van der Waals surface area contributed by atoms with E-state index in [0.29, 0.717) is 60.6 Å². The number of carbonyl (C=O) groups is 2. The Balaban J connectivity index is 1.52. The summed E-state index contributed by atoms with van der Waals surface area (Å²) in [6.07, 6.45) is 0. The molecule has 11 nitrogen and oxygen atoms in total. The summed E-state index contributed by atoms with van der Waals surface area (Å²) in [6.45, 7) is 6.06. The Hall–Kier alpha value is -3.26. The average Bonchev–Trinajstić information content (AvgIpc) is 3.30. The fraction of sp³-hybridized carbons (Fsp3) is 0.360. The highest BCUT2D eigenvalue weighted by Crippen LogP contribution is 2.28. The van der Waals surface area contributed by atoms with Crippen molar-refractivity contribution >= 4 is 39.3 Å². The SMILES string of the molecule is CC(C)Cn1c(SCC(=O)Nc2ccc(C(N)=O)cc2)nnc1-c1cccc(S(=O)(=O)N2CCOCC2)c1. The number of rotatable bonds is 10. The monoisotopic (exact) mass is 558 g/mol. The number of morpholine rings is 1. The van der Waals surface area contributed by atoms with Crippen molar-refractivity contribution in [1.29, 1.82) is 0 Å². The summed E-state index contributed by atoms with van der Waals surface area (Å²) in [7, 11) is -3.67. The Morgan fingerprint density at radius 3 is 2.47 bits per heavy atom. The van der Waals surface area contributed by atoms with Crippen LogP contribution in [-0.2, 0) is 26.1 Å². The number of hydrogen-bond acceptors (Lipinski definition) is 8. The summed E-state index contributed by atoms with van der Waals surface area (Å²) in [6, 6.07) is 13.0. The lowest BCUT2D eigenvalue weighted by Crippen LogP contribution is -2.40. The van der Waals surface area contributed by atoms with Gasteiger partial charge in [0.1, 0.15) is 0 Å². The molecule has 0 aliphatic carbocycles. The molecule has 13 heteroatoms. The van der Waals surface area contributed by atoms with E-state index in [1.54, 1.807) is 48.5 Å². The second-order valence-electron chi connectivity index (χ2n) is 9.13. The second-order valence-corrected chi connectivity index (χ2v) is 12.0. The van der Waals surface area contributed by atoms with Crippen molar-refractivity contribution in [3.8, 4) is 11.4 Å². The number of ether oxygens (including phenoxy) is 1. The van der Waals surface area contributed by atoms with Crippen molar-refractivity contribution in [3.63, 3.8) is 0 Å². The number of hydrogen-bond donors (Lipinski definition) is 2. The third kappa shape index (κ3) is 6.59. The highest BCUT2D eigenvalue weighted by molar-refractivity contribution is 7.99. The quantitative estimate of drug-likeness (QED) is 0.360. The molecule has 0 saturated carbocycles. The zero-order valence-corrected chi connectivity index (χ0v) is 22.8. The van der Waals surface area contributed by atoms with Gasteiger partial charge >= 0.3 is 0 Å². The Morgan fingerprint density at radius 1 is 1.11 bits per heavy atom. The Morgan fingerprint density at radius 2 is 1.82 bits per heavy atom. The number of benzene rings is 2. The van der Waals surface area contributed by atoms with E-state index in [1.807, 2.05) is 4.57 Å². The largest absolute Gasteiger partial charge is 0.379 e. The van der Waals surface area contributed by atoms with Gasteiger partial charge in [0.15, 0.2) is 11.0 Å². The van der Waals surface area contributed by atoms with Gasteiger partial charge in [-0.1, -0.05) is 37.7 Å². The number of anilines is 1. The first kappa shape index (κ1) is 27.8. The molecule has 202 valence electrons. The van der Waals surface area contributed by atoms with Crippen molar-refractivity contribution in [1.82, 2.24) is 19.1 Å². The van der Waals surface area contributed by atoms with E-state index >= 15 is 0 Å². The zero-order valence-electron chi connectivity index (χ0n) is 21.2. The van der Waals surface area contributed by atoms with E-state index in [1.165, 1.54) is 16.1 Å². The number of primary amides is 1. The van der Waals surface area contributed by atoms with Gasteiger partial charge in [0.25, 0.3) is 0 Å². The van der Waals surface area contributed by atoms with Gasteiger partial charge in [-0.15, -0.1) is 10.2 Å². The first-order valence-electron chi connectivity index (χ1n) is 12.1. The molecular formula is C25H30N6O5S2. The Bertz CT molecular complexity index is 1400. The molecule has 2 amide bonds. The molecule has 4 rings (SSSR count). The summed E-state index contributed by atoms with van der Waals surface area (Å²) >= 11 is 1.24. The smallest absolute Gasteiger partial charge is 0.248 e. The minimum atomic E-state index is -3.67. The number of nitrogens with zero attached hydrogens (tertiary/aromatic N) is 4. The van der Waals surface area contributed by atoms with Crippen molar-refractivity contribution in [2.75, 3.05) is 37.4 Å². The van der Waals surface area contributed by atoms with Crippen LogP contribution >= 0.6 is 11.8 Å². The lowest BCUT2D eigenvalue weighted by atomic mass is 10.2. The molecule has 0 bridgehead atoms. The predicted molar refractivity (Wildman–Crippen MR) is 144 cm³/mol. The Kier molecular flexibility index (Phi) is 8.82. The van der Waals surface area contributed by atoms with Crippen LogP contribution < -0.4 is 11.1 Å². The van der Waals surface area contributed by atoms with Crippen LogP contribution in [0, 0.1) is 5.92 Å². The van der Waals surface area contributed by atoms with Crippen LogP contribution in [0.15, 0.2) is 58.6 Å². The molecule has 0 unspecified atom stereocenters. The summed E-state index contributed by atoms with van der Waals surface area (Å²) < 4.78 is 35.0. The van der Waals surface area contributed by atoms with E-state index in [-0.39, 0.29) is 22.5 Å². The van der Waals surface area contributed by atoms with Crippen LogP contribution in [0.2, 0.25) is 0 Å². The zero-order chi connectivity index (χ0) is 27.3. The van der Waals surface area contributed by atoms with Crippen LogP contribution in [0.25, 0.3) is 11.4 Å². The number of thioether (sulfide) groups is 1. The van der Waals surface area contributed by atoms with Crippen LogP contribution in [0.3, 0.4) is 0 Å². The number of sulfonamides is 1. The van der Waals surface area contributed by atoms with Gasteiger partial charge in [-0.05, 0) is 42.3 Å². The third-order valence-electron chi connectivity index (χ3n) is 5.75. The molecular weight excluding hydrogens is 528 g/mol. The van der Waals surface area contributed by atoms with Crippen LogP contribution in [0.4, 0.5) is 5.69 Å². The molecule has 1 saturated heterocycles. The van der Waals surface area contributed by atoms with Gasteiger partial charge in [0.05, 0.1) is 23.9 Å². The van der Waals surface area contributed by atoms with Gasteiger partial charge in [0, 0.05) is 36.4 Å². The molecule has 2 heterocycles. The average molecular weight is 559 g/mol. The van der Waals surface area contributed by atoms with Gasteiger partial charge in [0.2, 0.25) is 21.8 Å². The molecule has 3 aromatic rings. The fourth-order valence-corrected chi connectivity index (χ4v) is 6.12. The highest BCUT2D eigenvalue weighted by atomic mass is 32.2. The first-order chi connectivity index (χ1) is 18.1. The number of amides is 2. The number of nitrogens with one attached hydrogen (secondary N) is 1. The third-order valence-corrected chi connectivity index (χ3v) is 8.61. The van der Waals surface area contributed by atoms with Gasteiger partial charge in [-0.2, -0.15) is 4.31 Å². The molecule has 0 spiro atoms. The fourth-order valence-electron chi connectivity index (χ4n) is 3.92. The van der Waals surface area contributed by atoms with Crippen LogP contribution in [-0.4, -0.2) is 71.4 Å². The Labute approximate surface area is 225 Å². The summed E-state index contributed by atoms with van der Waals surface area (Å²) in [5.41, 5.74) is 6.78. The van der Waals surface area contributed by atoms with E-state index in [2.05, 4.69) is 29.4 Å². The van der Waals surface area contributed by atoms with Crippen molar-refractivity contribution in [3.05, 3.63) is 54.1 Å². The van der Waals surface area contributed by atoms with Crippen molar-refractivity contribution < 1.29 is 22.7 Å². The molecule has 0 radical (unpaired) electrons. The van der Waals surface area contributed by atoms with Crippen molar-refractivity contribution in [2.24, 2.45) is 11.7 Å². The van der Waals surface area contributed by atoms with E-state index in [0.717, 1.165) is 0 Å². The maximum Gasteiger partial charge on any atom is 0.248 e. The predicted octanol–water partition coefficient (Wildman–Crippen LogP) is 2.45. The number of nitrogens with two attached hydrogens (primary N) is 1. The molecule has 3 N–H and O–H groups in total. The van der Waals surface area contributed by atoms with E-state index in [4.69, 9.17) is 10.5 Å². The lowest BCUT2D eigenvalue weighted by molar-refractivity contribution is -0.113. The van der Waals surface area contributed by atoms with Gasteiger partial charge in [-0.25, -0.2) is 8.42 Å².